The molecule has 0 amide bonds. The van der Waals surface area contributed by atoms with E-state index in [1.165, 1.54) is 0 Å². The Hall–Kier alpha value is -4.03. The van der Waals surface area contributed by atoms with Crippen molar-refractivity contribution in [3.05, 3.63) is 101 Å². The van der Waals surface area contributed by atoms with Crippen molar-refractivity contribution < 1.29 is 0 Å². The van der Waals surface area contributed by atoms with Crippen molar-refractivity contribution in [2.75, 3.05) is 5.32 Å². The molecule has 33 heavy (non-hydrogen) atoms. The van der Waals surface area contributed by atoms with Gasteiger partial charge in [0.25, 0.3) is 5.56 Å². The molecule has 0 aliphatic carbocycles. The van der Waals surface area contributed by atoms with E-state index in [1.54, 1.807) is 18.5 Å². The molecule has 0 bridgehead atoms. The van der Waals surface area contributed by atoms with E-state index in [1.807, 2.05) is 78.4 Å². The van der Waals surface area contributed by atoms with E-state index >= 15 is 0 Å². The summed E-state index contributed by atoms with van der Waals surface area (Å²) in [5.41, 5.74) is 4.55. The number of rotatable bonds is 5. The maximum Gasteiger partial charge on any atom is 0.284 e. The average Bonchev–Trinajstić information content (AvgIpc) is 2.85. The summed E-state index contributed by atoms with van der Waals surface area (Å²) >= 11 is 6.67. The molecule has 2 aliphatic rings. The van der Waals surface area contributed by atoms with Gasteiger partial charge in [0.2, 0.25) is 5.95 Å². The highest BCUT2D eigenvalue weighted by Gasteiger charge is 2.18. The zero-order chi connectivity index (χ0) is 22.8. The minimum atomic E-state index is -0.342. The number of halogens is 1. The van der Waals surface area contributed by atoms with Gasteiger partial charge in [0.1, 0.15) is 5.82 Å². The van der Waals surface area contributed by atoms with Crippen LogP contribution in [0.2, 0.25) is 5.02 Å². The Balaban J connectivity index is 1.58. The Morgan fingerprint density at radius 2 is 1.76 bits per heavy atom. The number of benzene rings is 2. The lowest BCUT2D eigenvalue weighted by Gasteiger charge is -2.17. The zero-order valence-corrected chi connectivity index (χ0v) is 18.6. The van der Waals surface area contributed by atoms with Crippen molar-refractivity contribution in [3.8, 4) is 33.6 Å². The van der Waals surface area contributed by atoms with Crippen LogP contribution in [-0.2, 0) is 6.54 Å². The first kappa shape index (κ1) is 20.8. The van der Waals surface area contributed by atoms with E-state index in [0.29, 0.717) is 23.0 Å². The summed E-state index contributed by atoms with van der Waals surface area (Å²) in [5, 5.41) is 3.70. The van der Waals surface area contributed by atoms with E-state index in [-0.39, 0.29) is 11.5 Å². The predicted molar refractivity (Wildman–Crippen MR) is 132 cm³/mol. The van der Waals surface area contributed by atoms with Crippen molar-refractivity contribution in [2.45, 2.75) is 13.5 Å². The number of aryl methyl sites for hydroxylation is 1. The van der Waals surface area contributed by atoms with Gasteiger partial charge >= 0.3 is 0 Å². The fourth-order valence-electron chi connectivity index (χ4n) is 3.76. The molecule has 0 radical (unpaired) electrons. The van der Waals surface area contributed by atoms with Gasteiger partial charge in [-0.2, -0.15) is 9.97 Å². The number of nitrogens with one attached hydrogen (secondary N) is 1. The fourth-order valence-corrected chi connectivity index (χ4v) is 4.05. The number of fused-ring (bicyclic) bond motifs is 1. The normalized spacial score (nSPS) is 11.0. The Bertz CT molecular complexity index is 1450. The van der Waals surface area contributed by atoms with Crippen molar-refractivity contribution in [3.63, 3.8) is 0 Å². The molecule has 2 aromatic carbocycles. The molecule has 0 atom stereocenters. The molecule has 7 heteroatoms. The van der Waals surface area contributed by atoms with Crippen molar-refractivity contribution in [2.24, 2.45) is 0 Å². The molecule has 0 fully saturated rings. The van der Waals surface area contributed by atoms with Gasteiger partial charge in [-0.15, -0.1) is 0 Å². The number of hydrogen-bond acceptors (Lipinski definition) is 5. The second-order valence-corrected chi connectivity index (χ2v) is 7.94. The molecule has 1 N–H and O–H groups in total. The van der Waals surface area contributed by atoms with Crippen LogP contribution in [0.1, 0.15) is 6.92 Å². The standard InChI is InChI=1S/C26H20ClN5O/c1-2-32-16-19(21-11-10-17(14-23(21)27)18-7-6-12-28-15-18)13-22-24(32)30-26(31-25(22)33)29-20-8-4-3-5-9-20/h3-16H,2H2,1H3,(H,29,31,33). The van der Waals surface area contributed by atoms with Crippen molar-refractivity contribution in [1.29, 1.82) is 0 Å². The van der Waals surface area contributed by atoms with Crippen LogP contribution in [0.4, 0.5) is 11.6 Å². The SMILES string of the molecule is CCn1cc(-c2ccc(-c3cccnc3)cc2Cl)cc2c(=O)nc(Nc3ccccc3)nc1-2. The molecule has 1 aromatic heterocycles. The monoisotopic (exact) mass is 453 g/mol. The van der Waals surface area contributed by atoms with Crippen LogP contribution < -0.4 is 10.9 Å². The van der Waals surface area contributed by atoms with Gasteiger partial charge in [-0.05, 0) is 42.8 Å². The molecule has 0 unspecified atom stereocenters. The van der Waals surface area contributed by atoms with Gasteiger partial charge in [0.05, 0.1) is 5.56 Å². The first-order valence-electron chi connectivity index (χ1n) is 10.6. The summed E-state index contributed by atoms with van der Waals surface area (Å²) < 4.78 is 1.94. The van der Waals surface area contributed by atoms with Crippen LogP contribution in [0.3, 0.4) is 0 Å². The van der Waals surface area contributed by atoms with E-state index < -0.39 is 0 Å². The van der Waals surface area contributed by atoms with Crippen LogP contribution in [0.25, 0.3) is 33.6 Å². The number of nitrogens with zero attached hydrogens (tertiary/aromatic N) is 4. The Morgan fingerprint density at radius 3 is 2.48 bits per heavy atom. The predicted octanol–water partition coefficient (Wildman–Crippen LogP) is 5.89. The second-order valence-electron chi connectivity index (χ2n) is 7.53. The third-order valence-electron chi connectivity index (χ3n) is 5.40. The highest BCUT2D eigenvalue weighted by Crippen LogP contribution is 2.34. The highest BCUT2D eigenvalue weighted by molar-refractivity contribution is 6.33. The third kappa shape index (κ3) is 4.21. The summed E-state index contributed by atoms with van der Waals surface area (Å²) in [4.78, 5) is 25.9. The molecule has 0 saturated carbocycles. The zero-order valence-electron chi connectivity index (χ0n) is 17.9. The van der Waals surface area contributed by atoms with Crippen molar-refractivity contribution in [1.82, 2.24) is 19.5 Å². The molecular formula is C26H20ClN5O. The average molecular weight is 454 g/mol. The molecule has 162 valence electrons. The topological polar surface area (TPSA) is 72.7 Å². The van der Waals surface area contributed by atoms with Gasteiger partial charge in [-0.3, -0.25) is 9.78 Å². The van der Waals surface area contributed by atoms with E-state index in [4.69, 9.17) is 11.6 Å². The van der Waals surface area contributed by atoms with E-state index in [0.717, 1.165) is 27.9 Å². The van der Waals surface area contributed by atoms with Gasteiger partial charge in [0, 0.05) is 52.5 Å². The fraction of sp³-hybridized carbons (Fsp3) is 0.0769. The molecule has 0 saturated heterocycles. The molecule has 3 aromatic rings. The Kier molecular flexibility index (Phi) is 5.59. The molecule has 2 aliphatic heterocycles. The van der Waals surface area contributed by atoms with Crippen molar-refractivity contribution >= 4 is 23.2 Å². The van der Waals surface area contributed by atoms with Crippen LogP contribution in [0, 0.1) is 0 Å². The van der Waals surface area contributed by atoms with Crippen LogP contribution in [0.15, 0.2) is 90.1 Å². The number of aromatic nitrogens is 4. The number of anilines is 2. The van der Waals surface area contributed by atoms with Crippen LogP contribution in [-0.4, -0.2) is 19.5 Å². The lowest BCUT2D eigenvalue weighted by atomic mass is 10.0. The van der Waals surface area contributed by atoms with Gasteiger partial charge in [-0.25, -0.2) is 0 Å². The first-order valence-corrected chi connectivity index (χ1v) is 10.9. The third-order valence-corrected chi connectivity index (χ3v) is 5.72. The summed E-state index contributed by atoms with van der Waals surface area (Å²) in [7, 11) is 0. The lowest BCUT2D eigenvalue weighted by molar-refractivity contribution is 0.745. The summed E-state index contributed by atoms with van der Waals surface area (Å²) in [6, 6.07) is 21.1. The quantitative estimate of drug-likeness (QED) is 0.359. The summed E-state index contributed by atoms with van der Waals surface area (Å²) in [6.07, 6.45) is 5.50. The molecule has 3 heterocycles. The number of pyridine rings is 2. The Labute approximate surface area is 195 Å². The summed E-state index contributed by atoms with van der Waals surface area (Å²) in [5.74, 6) is 0.843. The molecule has 5 rings (SSSR count). The van der Waals surface area contributed by atoms with Gasteiger partial charge in [0.15, 0.2) is 0 Å². The van der Waals surface area contributed by atoms with Gasteiger partial charge in [-0.1, -0.05) is 48.0 Å². The number of hydrogen-bond donors (Lipinski definition) is 1. The lowest BCUT2D eigenvalue weighted by Crippen LogP contribution is -2.19. The van der Waals surface area contributed by atoms with E-state index in [2.05, 4.69) is 20.3 Å². The number of para-hydroxylation sites is 1. The van der Waals surface area contributed by atoms with Crippen LogP contribution in [0.5, 0.6) is 0 Å². The maximum atomic E-state index is 12.9. The first-order chi connectivity index (χ1) is 16.1. The highest BCUT2D eigenvalue weighted by atomic mass is 35.5. The minimum absolute atomic E-state index is 0.271. The molecule has 6 nitrogen and oxygen atoms in total. The van der Waals surface area contributed by atoms with E-state index in [9.17, 15) is 4.79 Å². The minimum Gasteiger partial charge on any atom is -0.332 e. The maximum absolute atomic E-state index is 12.9. The smallest absolute Gasteiger partial charge is 0.284 e. The largest absolute Gasteiger partial charge is 0.332 e. The molecular weight excluding hydrogens is 434 g/mol. The van der Waals surface area contributed by atoms with Gasteiger partial charge < -0.3 is 9.88 Å². The van der Waals surface area contributed by atoms with Crippen LogP contribution >= 0.6 is 11.6 Å². The molecule has 0 spiro atoms. The Morgan fingerprint density at radius 1 is 0.909 bits per heavy atom. The summed E-state index contributed by atoms with van der Waals surface area (Å²) in [6.45, 7) is 2.64. The second kappa shape index (κ2) is 8.84.